The Morgan fingerprint density at radius 2 is 0.753 bits per heavy atom. The van der Waals surface area contributed by atoms with E-state index in [1.165, 1.54) is 128 Å². The molecule has 3 aliphatic carbocycles. The molecule has 73 heavy (non-hydrogen) atoms. The maximum absolute atomic E-state index is 5.48. The van der Waals surface area contributed by atoms with Crippen molar-refractivity contribution >= 4 is 0 Å². The minimum atomic E-state index is -0.711. The van der Waals surface area contributed by atoms with E-state index < -0.39 is 16.4 Å². The van der Waals surface area contributed by atoms with Crippen LogP contribution in [0.1, 0.15) is 121 Å². The third-order valence-corrected chi connectivity index (χ3v) is 17.5. The monoisotopic (exact) mass is 946 g/mol. The number of hydrogen-bond donors (Lipinski definition) is 0. The largest absolute Gasteiger partial charge is 0.362 e. The van der Waals surface area contributed by atoms with Gasteiger partial charge in [-0.15, -0.1) is 0 Å². The number of fused-ring (bicyclic) bond motifs is 9. The summed E-state index contributed by atoms with van der Waals surface area (Å²) in [5.74, 6) is 0. The standard InChI is InChI=1S/C70H63N3/c1-43-19-11-29-54-61(43)62-44(2)20-12-30-55(62)68(54,51-26-18-28-53(40-51)70(73-38-37-72(10)42-73)58-33-15-23-47(5)65(58)66-48(6)24-16-34-59(66)70)50-25-17-27-52(39-50)69(60-41-49(35-36-71-60)67(7,8)9)56-31-13-21-45(3)63(56)64-46(4)22-14-32-57(64)69/h11-41H,42H2,1-10H3. The predicted octanol–water partition coefficient (Wildman–Crippen LogP) is 15.9. The Labute approximate surface area is 432 Å². The number of aromatic nitrogens is 1. The van der Waals surface area contributed by atoms with Gasteiger partial charge in [0.1, 0.15) is 5.54 Å². The molecule has 3 nitrogen and oxygen atoms in total. The Morgan fingerprint density at radius 3 is 1.16 bits per heavy atom. The Balaban J connectivity index is 1.16. The van der Waals surface area contributed by atoms with Crippen molar-refractivity contribution in [2.45, 2.75) is 84.1 Å². The summed E-state index contributed by atoms with van der Waals surface area (Å²) in [6.45, 7) is 21.5. The fraction of sp³-hybridized carbons (Fsp3) is 0.214. The van der Waals surface area contributed by atoms with Gasteiger partial charge in [-0.1, -0.05) is 178 Å². The van der Waals surface area contributed by atoms with Crippen molar-refractivity contribution in [2.75, 3.05) is 13.7 Å². The van der Waals surface area contributed by atoms with Gasteiger partial charge in [-0.05, 0) is 187 Å². The van der Waals surface area contributed by atoms with Crippen molar-refractivity contribution in [3.05, 3.63) is 289 Å². The van der Waals surface area contributed by atoms with Crippen molar-refractivity contribution in [2.24, 2.45) is 0 Å². The smallest absolute Gasteiger partial charge is 0.118 e. The van der Waals surface area contributed by atoms with E-state index in [2.05, 4.69) is 268 Å². The first-order chi connectivity index (χ1) is 35.2. The highest BCUT2D eigenvalue weighted by Crippen LogP contribution is 2.63. The summed E-state index contributed by atoms with van der Waals surface area (Å²) in [5, 5.41) is 0. The molecule has 2 heterocycles. The van der Waals surface area contributed by atoms with E-state index in [0.29, 0.717) is 0 Å². The van der Waals surface area contributed by atoms with E-state index in [4.69, 9.17) is 4.98 Å². The van der Waals surface area contributed by atoms with Gasteiger partial charge in [0.2, 0.25) is 0 Å². The van der Waals surface area contributed by atoms with Crippen LogP contribution in [0.25, 0.3) is 33.4 Å². The highest BCUT2D eigenvalue weighted by molar-refractivity contribution is 5.93. The van der Waals surface area contributed by atoms with E-state index in [1.54, 1.807) is 0 Å². The second-order valence-corrected chi connectivity index (χ2v) is 22.7. The van der Waals surface area contributed by atoms with E-state index in [1.807, 2.05) is 0 Å². The van der Waals surface area contributed by atoms with Crippen molar-refractivity contribution in [3.63, 3.8) is 0 Å². The van der Waals surface area contributed by atoms with Crippen LogP contribution >= 0.6 is 0 Å². The Morgan fingerprint density at radius 1 is 0.397 bits per heavy atom. The highest BCUT2D eigenvalue weighted by atomic mass is 15.4. The molecule has 8 aromatic carbocycles. The maximum atomic E-state index is 5.48. The average molecular weight is 946 g/mol. The molecule has 1 aromatic heterocycles. The molecular formula is C70H63N3. The lowest BCUT2D eigenvalue weighted by Gasteiger charge is -2.43. The zero-order chi connectivity index (χ0) is 50.3. The lowest BCUT2D eigenvalue weighted by atomic mass is 9.64. The van der Waals surface area contributed by atoms with Gasteiger partial charge in [0.05, 0.1) is 23.2 Å². The molecule has 0 fully saturated rings. The molecule has 0 saturated carbocycles. The van der Waals surface area contributed by atoms with Gasteiger partial charge in [0.15, 0.2) is 0 Å². The zero-order valence-electron chi connectivity index (χ0n) is 43.9. The van der Waals surface area contributed by atoms with Gasteiger partial charge < -0.3 is 9.80 Å². The van der Waals surface area contributed by atoms with Gasteiger partial charge in [0, 0.05) is 25.6 Å². The third-order valence-electron chi connectivity index (χ3n) is 17.5. The van der Waals surface area contributed by atoms with Crippen LogP contribution in [0, 0.1) is 41.5 Å². The Kier molecular flexibility index (Phi) is 9.81. The van der Waals surface area contributed by atoms with Gasteiger partial charge in [-0.3, -0.25) is 4.98 Å². The maximum Gasteiger partial charge on any atom is 0.118 e. The van der Waals surface area contributed by atoms with Gasteiger partial charge >= 0.3 is 0 Å². The summed E-state index contributed by atoms with van der Waals surface area (Å²) < 4.78 is 0. The first kappa shape index (κ1) is 45.1. The van der Waals surface area contributed by atoms with Crippen LogP contribution in [-0.2, 0) is 21.8 Å². The molecule has 1 aliphatic heterocycles. The molecule has 9 aromatic rings. The lowest BCUT2D eigenvalue weighted by molar-refractivity contribution is 0.198. The predicted molar refractivity (Wildman–Crippen MR) is 301 cm³/mol. The first-order valence-electron chi connectivity index (χ1n) is 26.2. The Hall–Kier alpha value is -7.75. The summed E-state index contributed by atoms with van der Waals surface area (Å²) in [6, 6.07) is 66.0. The first-order valence-corrected chi connectivity index (χ1v) is 26.2. The summed E-state index contributed by atoms with van der Waals surface area (Å²) in [6.07, 6.45) is 6.62. The van der Waals surface area contributed by atoms with Crippen LogP contribution in [0.2, 0.25) is 0 Å². The van der Waals surface area contributed by atoms with Crippen molar-refractivity contribution < 1.29 is 0 Å². The normalized spacial score (nSPS) is 16.0. The fourth-order valence-corrected chi connectivity index (χ4v) is 14.4. The number of benzene rings is 8. The molecule has 358 valence electrons. The van der Waals surface area contributed by atoms with Gasteiger partial charge in [-0.25, -0.2) is 0 Å². The summed E-state index contributed by atoms with van der Waals surface area (Å²) in [4.78, 5) is 10.4. The number of nitrogens with zero attached hydrogens (tertiary/aromatic N) is 3. The van der Waals surface area contributed by atoms with Crippen LogP contribution < -0.4 is 0 Å². The van der Waals surface area contributed by atoms with E-state index in [-0.39, 0.29) is 5.41 Å². The van der Waals surface area contributed by atoms with Crippen molar-refractivity contribution in [1.82, 2.24) is 14.8 Å². The molecule has 3 heteroatoms. The van der Waals surface area contributed by atoms with Crippen molar-refractivity contribution in [3.8, 4) is 33.4 Å². The van der Waals surface area contributed by atoms with E-state index in [9.17, 15) is 0 Å². The van der Waals surface area contributed by atoms with Crippen LogP contribution in [0.4, 0.5) is 0 Å². The van der Waals surface area contributed by atoms with Crippen LogP contribution in [-0.4, -0.2) is 28.5 Å². The second kappa shape index (κ2) is 15.9. The molecule has 0 spiro atoms. The van der Waals surface area contributed by atoms with Gasteiger partial charge in [-0.2, -0.15) is 0 Å². The average Bonchev–Trinajstić information content (AvgIpc) is 4.13. The van der Waals surface area contributed by atoms with Crippen LogP contribution in [0.5, 0.6) is 0 Å². The number of hydrogen-bond acceptors (Lipinski definition) is 3. The number of pyridine rings is 1. The highest BCUT2D eigenvalue weighted by Gasteiger charge is 2.54. The quantitative estimate of drug-likeness (QED) is 0.166. The van der Waals surface area contributed by atoms with Crippen LogP contribution in [0.15, 0.2) is 188 Å². The molecule has 4 aliphatic rings. The molecule has 0 saturated heterocycles. The van der Waals surface area contributed by atoms with Gasteiger partial charge in [0.25, 0.3) is 0 Å². The molecule has 0 radical (unpaired) electrons. The summed E-state index contributed by atoms with van der Waals surface area (Å²) >= 11 is 0. The zero-order valence-corrected chi connectivity index (χ0v) is 43.9. The molecule has 0 N–H and O–H groups in total. The third kappa shape index (κ3) is 5.91. The van der Waals surface area contributed by atoms with E-state index in [0.717, 1.165) is 12.4 Å². The van der Waals surface area contributed by atoms with Crippen LogP contribution in [0.3, 0.4) is 0 Å². The molecular weight excluding hydrogens is 883 g/mol. The minimum Gasteiger partial charge on any atom is -0.362 e. The fourth-order valence-electron chi connectivity index (χ4n) is 14.4. The molecule has 0 amide bonds. The number of rotatable bonds is 6. The molecule has 13 rings (SSSR count). The van der Waals surface area contributed by atoms with Crippen molar-refractivity contribution in [1.29, 1.82) is 0 Å². The lowest BCUT2D eigenvalue weighted by Crippen LogP contribution is -2.45. The second-order valence-electron chi connectivity index (χ2n) is 22.7. The van der Waals surface area contributed by atoms with E-state index >= 15 is 0 Å². The molecule has 0 bridgehead atoms. The Bertz CT molecular complexity index is 3670. The molecule has 0 atom stereocenters. The SMILES string of the molecule is Cc1cccc2c1-c1c(C)cccc1C2(c1cccc(C2(c3cc(C(C)(C)C)ccn3)c3cccc(C)c3-c3c(C)cccc32)c1)c1cccc(C2(N3C=CN(C)C3)c3cccc(C)c3-c3c(C)cccc32)c1. The number of aryl methyl sites for hydroxylation is 6. The minimum absolute atomic E-state index is 0.0817. The topological polar surface area (TPSA) is 19.4 Å². The summed E-state index contributed by atoms with van der Waals surface area (Å²) in [7, 11) is 2.19. The summed E-state index contributed by atoms with van der Waals surface area (Å²) in [5.41, 5.74) is 28.9. The molecule has 0 unspecified atom stereocenters.